The van der Waals surface area contributed by atoms with Crippen LogP contribution in [0.1, 0.15) is 19.5 Å². The van der Waals surface area contributed by atoms with E-state index in [9.17, 15) is 0 Å². The molecule has 1 fully saturated rings. The van der Waals surface area contributed by atoms with E-state index in [2.05, 4.69) is 23.7 Å². The molecule has 88 valence electrons. The van der Waals surface area contributed by atoms with Gasteiger partial charge in [0.2, 0.25) is 0 Å². The van der Waals surface area contributed by atoms with Gasteiger partial charge < -0.3 is 10.5 Å². The zero-order valence-electron chi connectivity index (χ0n) is 9.94. The summed E-state index contributed by atoms with van der Waals surface area (Å²) in [5.74, 6) is 0. The number of pyridine rings is 1. The first kappa shape index (κ1) is 11.4. The van der Waals surface area contributed by atoms with Gasteiger partial charge in [0, 0.05) is 19.6 Å². The average Bonchev–Trinajstić information content (AvgIpc) is 2.20. The predicted octanol–water partition coefficient (Wildman–Crippen LogP) is 1.27. The number of nitrogens with zero attached hydrogens (tertiary/aromatic N) is 2. The number of morpholine rings is 1. The smallest absolute Gasteiger partial charge is 0.0753 e. The minimum Gasteiger partial charge on any atom is -0.397 e. The molecule has 1 aliphatic heterocycles. The number of hydrogen-bond donors (Lipinski definition) is 1. The minimum absolute atomic E-state index is 0.0495. The van der Waals surface area contributed by atoms with Gasteiger partial charge in [-0.15, -0.1) is 0 Å². The summed E-state index contributed by atoms with van der Waals surface area (Å²) in [6, 6.07) is 3.88. The zero-order chi connectivity index (χ0) is 11.6. The maximum Gasteiger partial charge on any atom is 0.0753 e. The van der Waals surface area contributed by atoms with Crippen LogP contribution < -0.4 is 5.73 Å². The van der Waals surface area contributed by atoms with Crippen molar-refractivity contribution < 1.29 is 4.74 Å². The molecule has 16 heavy (non-hydrogen) atoms. The van der Waals surface area contributed by atoms with E-state index in [1.807, 2.05) is 12.1 Å². The van der Waals surface area contributed by atoms with E-state index >= 15 is 0 Å². The van der Waals surface area contributed by atoms with Crippen molar-refractivity contribution in [2.45, 2.75) is 26.0 Å². The van der Waals surface area contributed by atoms with E-state index in [4.69, 9.17) is 10.5 Å². The van der Waals surface area contributed by atoms with Gasteiger partial charge in [0.15, 0.2) is 0 Å². The number of nitrogen functional groups attached to an aromatic ring is 1. The third-order valence-electron chi connectivity index (χ3n) is 2.74. The summed E-state index contributed by atoms with van der Waals surface area (Å²) >= 11 is 0. The quantitative estimate of drug-likeness (QED) is 0.817. The number of aromatic nitrogens is 1. The van der Waals surface area contributed by atoms with Crippen LogP contribution in [0.2, 0.25) is 0 Å². The Kier molecular flexibility index (Phi) is 3.12. The first-order valence-corrected chi connectivity index (χ1v) is 5.62. The lowest BCUT2D eigenvalue weighted by Gasteiger charge is -2.37. The van der Waals surface area contributed by atoms with Crippen molar-refractivity contribution in [3.63, 3.8) is 0 Å². The molecule has 2 N–H and O–H groups in total. The Hall–Kier alpha value is -1.13. The van der Waals surface area contributed by atoms with Crippen molar-refractivity contribution in [1.82, 2.24) is 9.88 Å². The lowest BCUT2D eigenvalue weighted by molar-refractivity contribution is -0.0885. The number of nitrogens with two attached hydrogens (primary N) is 1. The first-order valence-electron chi connectivity index (χ1n) is 5.62. The maximum absolute atomic E-state index is 5.67. The van der Waals surface area contributed by atoms with E-state index in [-0.39, 0.29) is 5.60 Å². The van der Waals surface area contributed by atoms with Gasteiger partial charge in [0.05, 0.1) is 29.8 Å². The monoisotopic (exact) mass is 221 g/mol. The number of rotatable bonds is 2. The molecule has 4 heteroatoms. The predicted molar refractivity (Wildman–Crippen MR) is 64.0 cm³/mol. The fourth-order valence-corrected chi connectivity index (χ4v) is 2.01. The van der Waals surface area contributed by atoms with Gasteiger partial charge in [-0.2, -0.15) is 0 Å². The van der Waals surface area contributed by atoms with Crippen LogP contribution in [0.25, 0.3) is 0 Å². The van der Waals surface area contributed by atoms with Crippen LogP contribution in [0, 0.1) is 0 Å². The lowest BCUT2D eigenvalue weighted by Crippen LogP contribution is -2.47. The SMILES string of the molecule is CC1(C)CN(Cc2ccc(N)cn2)CCO1. The molecule has 1 aromatic heterocycles. The summed E-state index contributed by atoms with van der Waals surface area (Å²) in [5, 5.41) is 0. The molecular weight excluding hydrogens is 202 g/mol. The normalized spacial score (nSPS) is 20.9. The van der Waals surface area contributed by atoms with Crippen molar-refractivity contribution >= 4 is 5.69 Å². The highest BCUT2D eigenvalue weighted by Gasteiger charge is 2.27. The topological polar surface area (TPSA) is 51.4 Å². The molecule has 0 aromatic carbocycles. The molecule has 1 aromatic rings. The Bertz CT molecular complexity index is 348. The van der Waals surface area contributed by atoms with E-state index in [1.54, 1.807) is 6.20 Å². The van der Waals surface area contributed by atoms with Crippen LogP contribution >= 0.6 is 0 Å². The van der Waals surface area contributed by atoms with E-state index in [0.717, 1.165) is 31.9 Å². The van der Waals surface area contributed by atoms with Crippen LogP contribution in [0.5, 0.6) is 0 Å². The maximum atomic E-state index is 5.67. The second-order valence-corrected chi connectivity index (χ2v) is 4.90. The molecular formula is C12H19N3O. The third-order valence-corrected chi connectivity index (χ3v) is 2.74. The van der Waals surface area contributed by atoms with Gasteiger partial charge in [-0.05, 0) is 26.0 Å². The highest BCUT2D eigenvalue weighted by Crippen LogP contribution is 2.17. The molecule has 0 radical (unpaired) electrons. The summed E-state index contributed by atoms with van der Waals surface area (Å²) in [6.07, 6.45) is 1.71. The van der Waals surface area contributed by atoms with Gasteiger partial charge in [-0.25, -0.2) is 0 Å². The second kappa shape index (κ2) is 4.39. The van der Waals surface area contributed by atoms with Crippen molar-refractivity contribution in [1.29, 1.82) is 0 Å². The summed E-state index contributed by atoms with van der Waals surface area (Å²) in [7, 11) is 0. The molecule has 0 spiro atoms. The van der Waals surface area contributed by atoms with Crippen molar-refractivity contribution in [3.05, 3.63) is 24.0 Å². The summed E-state index contributed by atoms with van der Waals surface area (Å²) in [4.78, 5) is 6.68. The molecule has 0 atom stereocenters. The number of anilines is 1. The Labute approximate surface area is 96.4 Å². The first-order chi connectivity index (χ1) is 7.55. The van der Waals surface area contributed by atoms with Crippen LogP contribution in [-0.4, -0.2) is 35.2 Å². The van der Waals surface area contributed by atoms with Gasteiger partial charge >= 0.3 is 0 Å². The molecule has 0 bridgehead atoms. The largest absolute Gasteiger partial charge is 0.397 e. The van der Waals surface area contributed by atoms with E-state index in [0.29, 0.717) is 5.69 Å². The fourth-order valence-electron chi connectivity index (χ4n) is 2.01. The molecule has 0 amide bonds. The molecule has 0 aliphatic carbocycles. The summed E-state index contributed by atoms with van der Waals surface area (Å²) < 4.78 is 5.67. The van der Waals surface area contributed by atoms with Gasteiger partial charge in [-0.3, -0.25) is 9.88 Å². The molecule has 0 unspecified atom stereocenters. The molecule has 2 rings (SSSR count). The molecule has 1 aliphatic rings. The van der Waals surface area contributed by atoms with Crippen molar-refractivity contribution in [3.8, 4) is 0 Å². The zero-order valence-corrected chi connectivity index (χ0v) is 9.94. The van der Waals surface area contributed by atoms with Crippen LogP contribution in [0.3, 0.4) is 0 Å². The van der Waals surface area contributed by atoms with Crippen LogP contribution in [0.15, 0.2) is 18.3 Å². The Morgan fingerprint density at radius 1 is 1.50 bits per heavy atom. The van der Waals surface area contributed by atoms with Crippen LogP contribution in [-0.2, 0) is 11.3 Å². The summed E-state index contributed by atoms with van der Waals surface area (Å²) in [5.41, 5.74) is 7.33. The lowest BCUT2D eigenvalue weighted by atomic mass is 10.1. The standard InChI is InChI=1S/C12H19N3O/c1-12(2)9-15(5-6-16-12)8-11-4-3-10(13)7-14-11/h3-4,7H,5-6,8-9,13H2,1-2H3. The highest BCUT2D eigenvalue weighted by atomic mass is 16.5. The minimum atomic E-state index is -0.0495. The van der Waals surface area contributed by atoms with Crippen molar-refractivity contribution in [2.24, 2.45) is 0 Å². The molecule has 0 saturated carbocycles. The highest BCUT2D eigenvalue weighted by molar-refractivity contribution is 5.34. The Morgan fingerprint density at radius 3 is 2.94 bits per heavy atom. The van der Waals surface area contributed by atoms with Crippen molar-refractivity contribution in [2.75, 3.05) is 25.4 Å². The fraction of sp³-hybridized carbons (Fsp3) is 0.583. The number of hydrogen-bond acceptors (Lipinski definition) is 4. The second-order valence-electron chi connectivity index (χ2n) is 4.90. The molecule has 1 saturated heterocycles. The van der Waals surface area contributed by atoms with E-state index < -0.39 is 0 Å². The van der Waals surface area contributed by atoms with E-state index in [1.165, 1.54) is 0 Å². The third kappa shape index (κ3) is 2.93. The Balaban J connectivity index is 1.97. The van der Waals surface area contributed by atoms with Gasteiger partial charge in [0.1, 0.15) is 0 Å². The number of ether oxygens (including phenoxy) is 1. The van der Waals surface area contributed by atoms with Gasteiger partial charge in [0.25, 0.3) is 0 Å². The summed E-state index contributed by atoms with van der Waals surface area (Å²) in [6.45, 7) is 7.81. The molecule has 4 nitrogen and oxygen atoms in total. The average molecular weight is 221 g/mol. The molecule has 2 heterocycles. The Morgan fingerprint density at radius 2 is 2.31 bits per heavy atom. The van der Waals surface area contributed by atoms with Crippen LogP contribution in [0.4, 0.5) is 5.69 Å². The van der Waals surface area contributed by atoms with Gasteiger partial charge in [-0.1, -0.05) is 0 Å².